The summed E-state index contributed by atoms with van der Waals surface area (Å²) < 4.78 is 32.3. The fraction of sp³-hybridized carbons (Fsp3) is 0.723. The fourth-order valence-electron chi connectivity index (χ4n) is 7.37. The van der Waals surface area contributed by atoms with Crippen molar-refractivity contribution in [2.24, 2.45) is 11.7 Å². The fourth-order valence-corrected chi connectivity index (χ4v) is 7.90. The summed E-state index contributed by atoms with van der Waals surface area (Å²) in [6.45, 7) is 3.27. The van der Waals surface area contributed by atoms with Crippen molar-refractivity contribution in [2.45, 2.75) is 192 Å². The Hall–Kier alpha value is -4.58. The van der Waals surface area contributed by atoms with E-state index in [1.807, 2.05) is 12.1 Å². The van der Waals surface area contributed by atoms with Crippen LogP contribution >= 0.6 is 0 Å². The van der Waals surface area contributed by atoms with E-state index < -0.39 is 82.2 Å². The molecule has 4 amide bonds. The lowest BCUT2D eigenvalue weighted by molar-refractivity contribution is -0.144. The quantitative estimate of drug-likeness (QED) is 0.0241. The largest absolute Gasteiger partial charge is 0.481 e. The Morgan fingerprint density at radius 1 is 0.600 bits per heavy atom. The molecule has 3 atom stereocenters. The van der Waals surface area contributed by atoms with E-state index in [0.29, 0.717) is 31.4 Å². The molecule has 9 N–H and O–H groups in total. The monoisotopic (exact) mass is 938 g/mol. The lowest BCUT2D eigenvalue weighted by atomic mass is 9.93. The van der Waals surface area contributed by atoms with Gasteiger partial charge in [0.25, 0.3) is 16.0 Å². The van der Waals surface area contributed by atoms with Crippen molar-refractivity contribution in [3.63, 3.8) is 0 Å². The minimum absolute atomic E-state index is 0.0853. The molecular formula is C47H79N5O12S. The summed E-state index contributed by atoms with van der Waals surface area (Å²) >= 11 is 0. The molecule has 18 heteroatoms. The Bertz CT molecular complexity index is 1680. The average Bonchev–Trinajstić information content (AvgIpc) is 3.25. The summed E-state index contributed by atoms with van der Waals surface area (Å²) in [5.74, 6) is -7.24. The molecule has 0 aromatic heterocycles. The maximum atomic E-state index is 13.3. The molecule has 0 saturated heterocycles. The van der Waals surface area contributed by atoms with Crippen LogP contribution < -0.4 is 27.0 Å². The molecule has 1 rings (SSSR count). The highest BCUT2D eigenvalue weighted by Gasteiger charge is 2.29. The molecule has 1 aromatic carbocycles. The number of hydrogen-bond acceptors (Lipinski definition) is 10. The van der Waals surface area contributed by atoms with Crippen molar-refractivity contribution in [1.29, 1.82) is 0 Å². The molecule has 1 aromatic rings. The lowest BCUT2D eigenvalue weighted by Crippen LogP contribution is -2.45. The number of amides is 4. The first-order valence-electron chi connectivity index (χ1n) is 23.9. The molecule has 0 fully saturated rings. The van der Waals surface area contributed by atoms with Crippen LogP contribution in [0, 0.1) is 5.92 Å². The highest BCUT2D eigenvalue weighted by molar-refractivity contribution is 7.85. The zero-order valence-electron chi connectivity index (χ0n) is 38.8. The summed E-state index contributed by atoms with van der Waals surface area (Å²) in [5.41, 5.74) is 6.93. The number of unbranched alkanes of at least 4 members (excludes halogenated alkanes) is 17. The predicted molar refractivity (Wildman–Crippen MR) is 251 cm³/mol. The third kappa shape index (κ3) is 31.9. The maximum Gasteiger partial charge on any atom is 0.306 e. The van der Waals surface area contributed by atoms with E-state index in [2.05, 4.69) is 28.2 Å². The second-order valence-corrected chi connectivity index (χ2v) is 18.7. The van der Waals surface area contributed by atoms with Crippen molar-refractivity contribution in [3.8, 4) is 0 Å². The van der Waals surface area contributed by atoms with Crippen molar-refractivity contribution in [2.75, 3.05) is 24.2 Å². The highest BCUT2D eigenvalue weighted by Crippen LogP contribution is 2.18. The Kier molecular flexibility index (Phi) is 32.1. The Labute approximate surface area is 386 Å². The molecule has 65 heavy (non-hydrogen) atoms. The third-order valence-corrected chi connectivity index (χ3v) is 12.1. The molecule has 0 aliphatic rings. The van der Waals surface area contributed by atoms with Gasteiger partial charge >= 0.3 is 11.9 Å². The van der Waals surface area contributed by atoms with Crippen LogP contribution in [0.2, 0.25) is 0 Å². The second-order valence-electron chi connectivity index (χ2n) is 17.1. The maximum absolute atomic E-state index is 13.3. The summed E-state index contributed by atoms with van der Waals surface area (Å²) in [4.78, 5) is 86.1. The van der Waals surface area contributed by atoms with Gasteiger partial charge in [0, 0.05) is 50.0 Å². The predicted octanol–water partition coefficient (Wildman–Crippen LogP) is 7.08. The number of benzene rings is 1. The molecule has 0 aliphatic heterocycles. The molecule has 17 nitrogen and oxygen atoms in total. The summed E-state index contributed by atoms with van der Waals surface area (Å²) in [6.07, 6.45) is 18.6. The average molecular weight is 938 g/mol. The van der Waals surface area contributed by atoms with Crippen LogP contribution in [0.4, 0.5) is 5.69 Å². The minimum Gasteiger partial charge on any atom is -0.481 e. The zero-order valence-corrected chi connectivity index (χ0v) is 39.6. The van der Waals surface area contributed by atoms with E-state index in [1.54, 1.807) is 12.1 Å². The van der Waals surface area contributed by atoms with Crippen molar-refractivity contribution in [3.05, 3.63) is 29.8 Å². The van der Waals surface area contributed by atoms with Crippen molar-refractivity contribution < 1.29 is 56.7 Å². The molecule has 0 saturated carbocycles. The molecular weight excluding hydrogens is 859 g/mol. The number of carbonyl (C=O) groups excluding carboxylic acids is 5. The van der Waals surface area contributed by atoms with Gasteiger partial charge in [0.05, 0.1) is 17.7 Å². The van der Waals surface area contributed by atoms with Gasteiger partial charge in [-0.25, -0.2) is 0 Å². The lowest BCUT2D eigenvalue weighted by Gasteiger charge is -2.20. The summed E-state index contributed by atoms with van der Waals surface area (Å²) in [5, 5.41) is 29.7. The first-order valence-corrected chi connectivity index (χ1v) is 25.6. The number of carboxylic acids is 2. The molecule has 0 unspecified atom stereocenters. The minimum atomic E-state index is -4.50. The zero-order chi connectivity index (χ0) is 48.3. The van der Waals surface area contributed by atoms with Crippen LogP contribution in [0.3, 0.4) is 0 Å². The van der Waals surface area contributed by atoms with Crippen LogP contribution in [0.5, 0.6) is 0 Å². The Morgan fingerprint density at radius 3 is 1.60 bits per heavy atom. The number of anilines is 1. The molecule has 0 radical (unpaired) electrons. The standard InChI is InChI=1S/C47H79N5O12S/c1-2-3-32-49-38-28-25-36(26-29-38)46(59)50-33-21-20-22-40(45(48)58)52-43(55)30-27-37(47(60)61)35-41(53)39(31-34-65(62,63)64)51-42(54)23-18-16-14-12-10-8-6-4-5-7-9-11-13-15-17-19-24-44(56)57/h25-26,28-29,37,39-40,49H,2-24,27,30-35H2,1H3,(H2,48,58)(H,50,59)(H,51,54)(H,52,55)(H,56,57)(H,60,61)(H,62,63,64)/t37-,39+,40+/m1/s1. The number of carbonyl (C=O) groups is 7. The van der Waals surface area contributed by atoms with E-state index in [-0.39, 0.29) is 38.0 Å². The van der Waals surface area contributed by atoms with Gasteiger partial charge in [0.15, 0.2) is 5.78 Å². The summed E-state index contributed by atoms with van der Waals surface area (Å²) in [7, 11) is -4.50. The molecule has 0 bridgehead atoms. The van der Waals surface area contributed by atoms with Crippen molar-refractivity contribution in [1.82, 2.24) is 16.0 Å². The van der Waals surface area contributed by atoms with Gasteiger partial charge in [-0.15, -0.1) is 0 Å². The van der Waals surface area contributed by atoms with Crippen LogP contribution in [0.15, 0.2) is 24.3 Å². The van der Waals surface area contributed by atoms with E-state index in [0.717, 1.165) is 82.9 Å². The summed E-state index contributed by atoms with van der Waals surface area (Å²) in [6, 6.07) is 4.72. The smallest absolute Gasteiger partial charge is 0.306 e. The van der Waals surface area contributed by atoms with Gasteiger partial charge in [-0.2, -0.15) is 8.42 Å². The molecule has 0 aliphatic carbocycles. The topological polar surface area (TPSA) is 288 Å². The number of nitrogens with two attached hydrogens (primary N) is 1. The number of hydrogen-bond donors (Lipinski definition) is 8. The van der Waals surface area contributed by atoms with Gasteiger partial charge in [0.1, 0.15) is 6.04 Å². The number of Topliss-reactive ketones (excluding diaryl/α,β-unsaturated/α-hetero) is 1. The van der Waals surface area contributed by atoms with Gasteiger partial charge < -0.3 is 37.2 Å². The Balaban J connectivity index is 2.42. The van der Waals surface area contributed by atoms with Crippen LogP contribution in [0.1, 0.15) is 191 Å². The number of primary amides is 1. The van der Waals surface area contributed by atoms with Gasteiger partial charge in [0.2, 0.25) is 17.7 Å². The van der Waals surface area contributed by atoms with Crippen LogP contribution in [-0.4, -0.2) is 95.5 Å². The van der Waals surface area contributed by atoms with Crippen LogP contribution in [-0.2, 0) is 38.9 Å². The first kappa shape index (κ1) is 58.4. The number of carboxylic acid groups (broad SMARTS) is 2. The first-order chi connectivity index (χ1) is 31.0. The van der Waals surface area contributed by atoms with Crippen LogP contribution in [0.25, 0.3) is 0 Å². The number of rotatable bonds is 42. The van der Waals surface area contributed by atoms with E-state index >= 15 is 0 Å². The SMILES string of the molecule is CCCCNc1ccc(C(=O)NCCCC[C@H](NC(=O)CC[C@H](CC(=O)[C@H](CCS(=O)(=O)O)NC(=O)CCCCCCCCCCCCCCCCCCC(=O)O)C(=O)O)C(N)=O)cc1. The van der Waals surface area contributed by atoms with Gasteiger partial charge in [-0.05, 0) is 75.6 Å². The van der Waals surface area contributed by atoms with Crippen molar-refractivity contribution >= 4 is 57.2 Å². The Morgan fingerprint density at radius 2 is 1.11 bits per heavy atom. The molecule has 0 spiro atoms. The van der Waals surface area contributed by atoms with Gasteiger partial charge in [-0.3, -0.25) is 38.1 Å². The molecule has 0 heterocycles. The number of nitrogens with one attached hydrogen (secondary N) is 4. The van der Waals surface area contributed by atoms with E-state index in [9.17, 15) is 51.6 Å². The van der Waals surface area contributed by atoms with E-state index in [4.69, 9.17) is 10.8 Å². The molecule has 370 valence electrons. The second kappa shape index (κ2) is 35.7. The number of aliphatic carboxylic acids is 2. The highest BCUT2D eigenvalue weighted by atomic mass is 32.2. The van der Waals surface area contributed by atoms with E-state index in [1.165, 1.54) is 38.5 Å². The number of ketones is 1. The normalized spacial score (nSPS) is 12.7. The van der Waals surface area contributed by atoms with Gasteiger partial charge in [-0.1, -0.05) is 103 Å². The third-order valence-electron chi connectivity index (χ3n) is 11.3.